The molecule has 3 aromatic rings. The lowest BCUT2D eigenvalue weighted by Gasteiger charge is -2.14. The molecule has 0 bridgehead atoms. The fraction of sp³-hybridized carbons (Fsp3) is 0.385. The van der Waals surface area contributed by atoms with E-state index in [1.54, 1.807) is 12.1 Å². The number of likely N-dealkylation sites (tertiary alicyclic amines) is 1. The number of aryl methyl sites for hydroxylation is 1. The first-order chi connectivity index (χ1) is 18.3. The quantitative estimate of drug-likeness (QED) is 0.160. The Labute approximate surface area is 231 Å². The zero-order valence-corrected chi connectivity index (χ0v) is 22.5. The Morgan fingerprint density at radius 3 is 2.55 bits per heavy atom. The van der Waals surface area contributed by atoms with E-state index in [4.69, 9.17) is 28.9 Å². The molecule has 0 radical (unpaired) electrons. The number of nitrogens with one attached hydrogen (secondary N) is 2. The van der Waals surface area contributed by atoms with Crippen LogP contribution < -0.4 is 16.4 Å². The number of hydrogen-bond donors (Lipinski definition) is 3. The second-order valence-electron chi connectivity index (χ2n) is 9.23. The molecule has 1 amide bonds. The molecule has 0 aliphatic carbocycles. The highest BCUT2D eigenvalue weighted by Gasteiger charge is 2.17. The Morgan fingerprint density at radius 1 is 1.08 bits per heavy atom. The van der Waals surface area contributed by atoms with Crippen LogP contribution in [-0.4, -0.2) is 58.0 Å². The molecule has 4 rings (SSSR count). The van der Waals surface area contributed by atoms with Crippen molar-refractivity contribution in [2.45, 2.75) is 32.2 Å². The summed E-state index contributed by atoms with van der Waals surface area (Å²) in [4.78, 5) is 30.0. The van der Waals surface area contributed by atoms with E-state index in [-0.39, 0.29) is 17.4 Å². The third-order valence-electron chi connectivity index (χ3n) is 6.49. The van der Waals surface area contributed by atoms with Gasteiger partial charge in [-0.3, -0.25) is 14.9 Å². The standard InChI is InChI=1S/C26H31Cl2N7O3/c27-19-5-6-20(21(28)16-19)18-15-23(26(36)31-10-3-13-33-11-1-2-12-33)34(17-18)14-4-9-30-24-8-7-22(35(37)38)25(29)32-24/h5-8,15-17H,1-4,9-14H2,(H,31,36)(H3,29,30,32). The minimum Gasteiger partial charge on any atom is -0.378 e. The number of hydrogen-bond acceptors (Lipinski definition) is 7. The molecule has 12 heteroatoms. The number of nitrogen functional groups attached to an aromatic ring is 1. The van der Waals surface area contributed by atoms with Gasteiger partial charge in [0.25, 0.3) is 5.91 Å². The molecule has 1 aromatic carbocycles. The number of nitrogens with zero attached hydrogens (tertiary/aromatic N) is 4. The molecule has 0 unspecified atom stereocenters. The van der Waals surface area contributed by atoms with Crippen molar-refractivity contribution in [3.63, 3.8) is 0 Å². The molecule has 1 fully saturated rings. The Balaban J connectivity index is 1.41. The zero-order chi connectivity index (χ0) is 27.1. The van der Waals surface area contributed by atoms with E-state index in [0.29, 0.717) is 47.6 Å². The van der Waals surface area contributed by atoms with E-state index in [2.05, 4.69) is 20.5 Å². The molecule has 0 saturated carbocycles. The lowest BCUT2D eigenvalue weighted by Crippen LogP contribution is -2.30. The van der Waals surface area contributed by atoms with Crippen molar-refractivity contribution in [2.75, 3.05) is 43.8 Å². The fourth-order valence-electron chi connectivity index (χ4n) is 4.54. The normalized spacial score (nSPS) is 13.5. The summed E-state index contributed by atoms with van der Waals surface area (Å²) < 4.78 is 1.91. The molecule has 202 valence electrons. The van der Waals surface area contributed by atoms with Gasteiger partial charge < -0.3 is 25.8 Å². The molecule has 0 atom stereocenters. The minimum atomic E-state index is -0.568. The van der Waals surface area contributed by atoms with Gasteiger partial charge in [-0.05, 0) is 69.6 Å². The first-order valence-electron chi connectivity index (χ1n) is 12.6. The van der Waals surface area contributed by atoms with Crippen molar-refractivity contribution in [2.24, 2.45) is 0 Å². The predicted molar refractivity (Wildman–Crippen MR) is 151 cm³/mol. The maximum atomic E-state index is 13.1. The zero-order valence-electron chi connectivity index (χ0n) is 21.0. The number of carbonyl (C=O) groups is 1. The molecular weight excluding hydrogens is 529 g/mol. The molecule has 1 aliphatic rings. The molecule has 3 heterocycles. The van der Waals surface area contributed by atoms with Crippen LogP contribution in [0.5, 0.6) is 0 Å². The SMILES string of the molecule is Nc1nc(NCCCn2cc(-c3ccc(Cl)cc3Cl)cc2C(=O)NCCCN2CCCC2)ccc1[N+](=O)[O-]. The summed E-state index contributed by atoms with van der Waals surface area (Å²) in [5.74, 6) is 0.171. The number of nitro groups is 1. The highest BCUT2D eigenvalue weighted by Crippen LogP contribution is 2.32. The first-order valence-corrected chi connectivity index (χ1v) is 13.4. The van der Waals surface area contributed by atoms with Crippen molar-refractivity contribution in [1.29, 1.82) is 0 Å². The van der Waals surface area contributed by atoms with Crippen LogP contribution in [0, 0.1) is 10.1 Å². The molecule has 4 N–H and O–H groups in total. The van der Waals surface area contributed by atoms with Gasteiger partial charge in [0.1, 0.15) is 11.5 Å². The average Bonchev–Trinajstić information content (AvgIpc) is 3.54. The van der Waals surface area contributed by atoms with E-state index in [1.807, 2.05) is 22.9 Å². The number of amides is 1. The van der Waals surface area contributed by atoms with Crippen LogP contribution in [0.15, 0.2) is 42.6 Å². The molecule has 1 aliphatic heterocycles. The van der Waals surface area contributed by atoms with Gasteiger partial charge in [0.05, 0.1) is 4.92 Å². The Kier molecular flexibility index (Phi) is 9.43. The third kappa shape index (κ3) is 7.15. The van der Waals surface area contributed by atoms with Gasteiger partial charge in [-0.1, -0.05) is 29.3 Å². The summed E-state index contributed by atoms with van der Waals surface area (Å²) in [6, 6.07) is 9.98. The maximum Gasteiger partial charge on any atom is 0.311 e. The molecular formula is C26H31Cl2N7O3. The smallest absolute Gasteiger partial charge is 0.311 e. The van der Waals surface area contributed by atoms with Crippen LogP contribution in [0.1, 0.15) is 36.2 Å². The first kappa shape index (κ1) is 27.7. The van der Waals surface area contributed by atoms with Crippen LogP contribution in [-0.2, 0) is 6.54 Å². The van der Waals surface area contributed by atoms with E-state index in [0.717, 1.165) is 37.2 Å². The van der Waals surface area contributed by atoms with Crippen molar-refractivity contribution >= 4 is 46.4 Å². The number of rotatable bonds is 12. The second kappa shape index (κ2) is 12.9. The van der Waals surface area contributed by atoms with Crippen molar-refractivity contribution in [3.05, 3.63) is 68.4 Å². The topological polar surface area (TPSA) is 131 Å². The van der Waals surface area contributed by atoms with Gasteiger partial charge in [-0.2, -0.15) is 0 Å². The summed E-state index contributed by atoms with van der Waals surface area (Å²) in [5, 5.41) is 18.2. The van der Waals surface area contributed by atoms with Gasteiger partial charge >= 0.3 is 5.69 Å². The van der Waals surface area contributed by atoms with Crippen molar-refractivity contribution < 1.29 is 9.72 Å². The number of halogens is 2. The minimum absolute atomic E-state index is 0.138. The predicted octanol–water partition coefficient (Wildman–Crippen LogP) is 5.07. The lowest BCUT2D eigenvalue weighted by molar-refractivity contribution is -0.384. The molecule has 0 spiro atoms. The molecule has 1 saturated heterocycles. The van der Waals surface area contributed by atoms with Gasteiger partial charge in [-0.15, -0.1) is 0 Å². The monoisotopic (exact) mass is 559 g/mol. The molecule has 2 aromatic heterocycles. The van der Waals surface area contributed by atoms with Crippen LogP contribution in [0.25, 0.3) is 11.1 Å². The summed E-state index contributed by atoms with van der Waals surface area (Å²) in [7, 11) is 0. The highest BCUT2D eigenvalue weighted by atomic mass is 35.5. The lowest BCUT2D eigenvalue weighted by atomic mass is 10.1. The summed E-state index contributed by atoms with van der Waals surface area (Å²) in [6.45, 7) is 4.94. The van der Waals surface area contributed by atoms with E-state index in [9.17, 15) is 14.9 Å². The number of nitrogens with two attached hydrogens (primary N) is 1. The van der Waals surface area contributed by atoms with Crippen LogP contribution in [0.4, 0.5) is 17.3 Å². The fourth-order valence-corrected chi connectivity index (χ4v) is 5.06. The van der Waals surface area contributed by atoms with E-state index in [1.165, 1.54) is 25.0 Å². The van der Waals surface area contributed by atoms with Gasteiger partial charge in [-0.25, -0.2) is 4.98 Å². The number of carbonyl (C=O) groups excluding carboxylic acids is 1. The van der Waals surface area contributed by atoms with E-state index < -0.39 is 4.92 Å². The number of aromatic nitrogens is 2. The van der Waals surface area contributed by atoms with Crippen LogP contribution >= 0.6 is 23.2 Å². The van der Waals surface area contributed by atoms with Gasteiger partial charge in [0.2, 0.25) is 5.82 Å². The molecule has 38 heavy (non-hydrogen) atoms. The summed E-state index contributed by atoms with van der Waals surface area (Å²) in [6.07, 6.45) is 5.97. The van der Waals surface area contributed by atoms with Crippen molar-refractivity contribution in [1.82, 2.24) is 19.8 Å². The average molecular weight is 560 g/mol. The Morgan fingerprint density at radius 2 is 1.84 bits per heavy atom. The largest absolute Gasteiger partial charge is 0.378 e. The summed E-state index contributed by atoms with van der Waals surface area (Å²) >= 11 is 12.5. The van der Waals surface area contributed by atoms with Crippen LogP contribution in [0.2, 0.25) is 10.0 Å². The van der Waals surface area contributed by atoms with E-state index >= 15 is 0 Å². The second-order valence-corrected chi connectivity index (χ2v) is 10.1. The van der Waals surface area contributed by atoms with Crippen molar-refractivity contribution in [3.8, 4) is 11.1 Å². The van der Waals surface area contributed by atoms with Crippen LogP contribution in [0.3, 0.4) is 0 Å². The van der Waals surface area contributed by atoms with Gasteiger partial charge in [0.15, 0.2) is 0 Å². The molecule has 10 nitrogen and oxygen atoms in total. The highest BCUT2D eigenvalue weighted by molar-refractivity contribution is 6.36. The maximum absolute atomic E-state index is 13.1. The number of benzene rings is 1. The van der Waals surface area contributed by atoms with Gasteiger partial charge in [0, 0.05) is 53.1 Å². The third-order valence-corrected chi connectivity index (χ3v) is 7.04. The summed E-state index contributed by atoms with van der Waals surface area (Å²) in [5.41, 5.74) is 7.61. The number of anilines is 2. The Hall–Kier alpha value is -3.34. The Bertz CT molecular complexity index is 1290. The number of pyridine rings is 1.